The molecule has 0 unspecified atom stereocenters. The molecule has 1 amide bonds. The molecule has 0 aromatic carbocycles. The molecular formula is C9H13N3O3S. The molecule has 0 saturated carbocycles. The van der Waals surface area contributed by atoms with Crippen LogP contribution in [0.2, 0.25) is 0 Å². The first-order valence-corrected chi connectivity index (χ1v) is 6.30. The average molecular weight is 243 g/mol. The Labute approximate surface area is 93.9 Å². The van der Waals surface area contributed by atoms with Gasteiger partial charge in [-0.25, -0.2) is 13.1 Å². The van der Waals surface area contributed by atoms with E-state index in [-0.39, 0.29) is 12.3 Å². The molecule has 1 aromatic heterocycles. The lowest BCUT2D eigenvalue weighted by molar-refractivity contribution is -0.116. The summed E-state index contributed by atoms with van der Waals surface area (Å²) < 4.78 is 24.8. The van der Waals surface area contributed by atoms with E-state index in [9.17, 15) is 13.2 Å². The van der Waals surface area contributed by atoms with E-state index in [1.54, 1.807) is 24.4 Å². The van der Waals surface area contributed by atoms with Gasteiger partial charge in [0.1, 0.15) is 0 Å². The zero-order valence-corrected chi connectivity index (χ0v) is 9.40. The van der Waals surface area contributed by atoms with Crippen LogP contribution in [0.25, 0.3) is 0 Å². The predicted octanol–water partition coefficient (Wildman–Crippen LogP) is -0.971. The Balaban J connectivity index is 2.45. The number of primary amides is 1. The molecule has 1 heterocycles. The molecule has 3 N–H and O–H groups in total. The van der Waals surface area contributed by atoms with Crippen LogP contribution in [-0.4, -0.2) is 31.6 Å². The zero-order valence-electron chi connectivity index (χ0n) is 8.59. The summed E-state index contributed by atoms with van der Waals surface area (Å²) in [6, 6.07) is 5.28. The molecule has 6 nitrogen and oxygen atoms in total. The summed E-state index contributed by atoms with van der Waals surface area (Å²) in [5.41, 5.74) is 5.52. The van der Waals surface area contributed by atoms with Gasteiger partial charge in [-0.2, -0.15) is 0 Å². The van der Waals surface area contributed by atoms with Gasteiger partial charge in [-0.3, -0.25) is 9.78 Å². The quantitative estimate of drug-likeness (QED) is 0.671. The van der Waals surface area contributed by atoms with E-state index in [1.165, 1.54) is 0 Å². The van der Waals surface area contributed by atoms with Gasteiger partial charge in [-0.1, -0.05) is 6.07 Å². The Kier molecular flexibility index (Phi) is 4.39. The van der Waals surface area contributed by atoms with Crippen LogP contribution >= 0.6 is 0 Å². The van der Waals surface area contributed by atoms with Crippen LogP contribution in [0.15, 0.2) is 24.4 Å². The second-order valence-corrected chi connectivity index (χ2v) is 5.10. The molecule has 0 aliphatic carbocycles. The van der Waals surface area contributed by atoms with Crippen molar-refractivity contribution in [3.63, 3.8) is 0 Å². The normalized spacial score (nSPS) is 11.2. The number of sulfonamides is 1. The van der Waals surface area contributed by atoms with Gasteiger partial charge >= 0.3 is 0 Å². The van der Waals surface area contributed by atoms with Crippen LogP contribution in [0.4, 0.5) is 0 Å². The lowest BCUT2D eigenvalue weighted by Gasteiger charge is -2.04. The van der Waals surface area contributed by atoms with Gasteiger partial charge in [-0.15, -0.1) is 0 Å². The van der Waals surface area contributed by atoms with Crippen LogP contribution in [0.3, 0.4) is 0 Å². The van der Waals surface area contributed by atoms with Gasteiger partial charge in [-0.05, 0) is 12.1 Å². The van der Waals surface area contributed by atoms with Crippen LogP contribution in [0.5, 0.6) is 0 Å². The third kappa shape index (κ3) is 4.85. The minimum absolute atomic E-state index is 0.114. The standard InChI is InChI=1S/C9H13N3O3S/c10-9(13)7-12-16(14,15)6-4-8-3-1-2-5-11-8/h1-3,5,12H,4,6-7H2,(H2,10,13). The summed E-state index contributed by atoms with van der Waals surface area (Å²) in [5.74, 6) is -0.821. The molecule has 0 spiro atoms. The molecule has 7 heteroatoms. The van der Waals surface area contributed by atoms with E-state index < -0.39 is 15.9 Å². The summed E-state index contributed by atoms with van der Waals surface area (Å²) in [5, 5.41) is 0. The smallest absolute Gasteiger partial charge is 0.232 e. The third-order valence-electron chi connectivity index (χ3n) is 1.82. The second kappa shape index (κ2) is 5.57. The number of carbonyl (C=O) groups excluding carboxylic acids is 1. The Morgan fingerprint density at radius 3 is 2.75 bits per heavy atom. The number of rotatable bonds is 6. The summed E-state index contributed by atoms with van der Waals surface area (Å²) in [4.78, 5) is 14.4. The van der Waals surface area contributed by atoms with Gasteiger partial charge in [0.25, 0.3) is 0 Å². The molecule has 0 radical (unpaired) electrons. The minimum atomic E-state index is -3.47. The maximum absolute atomic E-state index is 11.4. The first kappa shape index (κ1) is 12.6. The van der Waals surface area contributed by atoms with E-state index >= 15 is 0 Å². The molecule has 0 aliphatic rings. The van der Waals surface area contributed by atoms with Gasteiger partial charge in [0.15, 0.2) is 0 Å². The number of pyridine rings is 1. The van der Waals surface area contributed by atoms with Gasteiger partial charge in [0.05, 0.1) is 12.3 Å². The summed E-state index contributed by atoms with van der Waals surface area (Å²) >= 11 is 0. The molecule has 1 rings (SSSR count). The fourth-order valence-electron chi connectivity index (χ4n) is 1.04. The Morgan fingerprint density at radius 2 is 2.19 bits per heavy atom. The number of carbonyl (C=O) groups is 1. The molecule has 0 atom stereocenters. The van der Waals surface area contributed by atoms with Crippen molar-refractivity contribution >= 4 is 15.9 Å². The molecular weight excluding hydrogens is 230 g/mol. The minimum Gasteiger partial charge on any atom is -0.369 e. The largest absolute Gasteiger partial charge is 0.369 e. The number of hydrogen-bond donors (Lipinski definition) is 2. The number of hydrogen-bond acceptors (Lipinski definition) is 4. The number of aryl methyl sites for hydroxylation is 1. The maximum Gasteiger partial charge on any atom is 0.232 e. The SMILES string of the molecule is NC(=O)CNS(=O)(=O)CCc1ccccn1. The second-order valence-electron chi connectivity index (χ2n) is 3.18. The van der Waals surface area contributed by atoms with Crippen molar-refractivity contribution in [1.29, 1.82) is 0 Å². The van der Waals surface area contributed by atoms with E-state index in [0.29, 0.717) is 12.1 Å². The molecule has 16 heavy (non-hydrogen) atoms. The molecule has 0 saturated heterocycles. The van der Waals surface area contributed by atoms with Crippen LogP contribution in [0, 0.1) is 0 Å². The molecule has 0 bridgehead atoms. The number of nitrogens with zero attached hydrogens (tertiary/aromatic N) is 1. The van der Waals surface area contributed by atoms with E-state index in [0.717, 1.165) is 0 Å². The third-order valence-corrected chi connectivity index (χ3v) is 3.15. The average Bonchev–Trinajstić information content (AvgIpc) is 2.26. The molecule has 0 fully saturated rings. The fraction of sp³-hybridized carbons (Fsp3) is 0.333. The first-order chi connectivity index (χ1) is 7.49. The van der Waals surface area contributed by atoms with Crippen LogP contribution < -0.4 is 10.5 Å². The summed E-state index contributed by atoms with van der Waals surface area (Å²) in [6.45, 7) is -0.370. The number of nitrogens with one attached hydrogen (secondary N) is 1. The maximum atomic E-state index is 11.4. The summed E-state index contributed by atoms with van der Waals surface area (Å²) in [7, 11) is -3.47. The molecule has 1 aromatic rings. The molecule has 0 aliphatic heterocycles. The van der Waals surface area contributed by atoms with Gasteiger partial charge in [0, 0.05) is 18.3 Å². The van der Waals surface area contributed by atoms with Crippen molar-refractivity contribution in [2.75, 3.05) is 12.3 Å². The van der Waals surface area contributed by atoms with Crippen molar-refractivity contribution < 1.29 is 13.2 Å². The predicted molar refractivity (Wildman–Crippen MR) is 58.9 cm³/mol. The van der Waals surface area contributed by atoms with Crippen molar-refractivity contribution in [2.24, 2.45) is 5.73 Å². The van der Waals surface area contributed by atoms with Crippen molar-refractivity contribution in [2.45, 2.75) is 6.42 Å². The van der Waals surface area contributed by atoms with E-state index in [1.807, 2.05) is 0 Å². The number of amides is 1. The Bertz CT molecular complexity index is 444. The summed E-state index contributed by atoms with van der Waals surface area (Å²) in [6.07, 6.45) is 1.90. The highest BCUT2D eigenvalue weighted by atomic mass is 32.2. The molecule has 88 valence electrons. The number of nitrogens with two attached hydrogens (primary N) is 1. The van der Waals surface area contributed by atoms with E-state index in [4.69, 9.17) is 5.73 Å². The number of aromatic nitrogens is 1. The zero-order chi connectivity index (χ0) is 12.0. The highest BCUT2D eigenvalue weighted by molar-refractivity contribution is 7.89. The highest BCUT2D eigenvalue weighted by Gasteiger charge is 2.11. The monoisotopic (exact) mass is 243 g/mol. The van der Waals surface area contributed by atoms with Crippen molar-refractivity contribution in [3.8, 4) is 0 Å². The first-order valence-electron chi connectivity index (χ1n) is 4.65. The van der Waals surface area contributed by atoms with Gasteiger partial charge in [0.2, 0.25) is 15.9 Å². The fourth-order valence-corrected chi connectivity index (χ4v) is 2.02. The Morgan fingerprint density at radius 1 is 1.44 bits per heavy atom. The lowest BCUT2D eigenvalue weighted by Crippen LogP contribution is -2.35. The van der Waals surface area contributed by atoms with Crippen LogP contribution in [-0.2, 0) is 21.2 Å². The Hall–Kier alpha value is -1.47. The van der Waals surface area contributed by atoms with Crippen molar-refractivity contribution in [3.05, 3.63) is 30.1 Å². The highest BCUT2D eigenvalue weighted by Crippen LogP contribution is 1.97. The topological polar surface area (TPSA) is 102 Å². The van der Waals surface area contributed by atoms with Gasteiger partial charge < -0.3 is 5.73 Å². The lowest BCUT2D eigenvalue weighted by atomic mass is 10.3. The van der Waals surface area contributed by atoms with Crippen molar-refractivity contribution in [1.82, 2.24) is 9.71 Å². The van der Waals surface area contributed by atoms with Crippen LogP contribution in [0.1, 0.15) is 5.69 Å². The van der Waals surface area contributed by atoms with E-state index in [2.05, 4.69) is 9.71 Å².